The molecule has 0 bridgehead atoms. The molecule has 7 nitrogen and oxygen atoms in total. The lowest BCUT2D eigenvalue weighted by Crippen LogP contribution is -2.25. The summed E-state index contributed by atoms with van der Waals surface area (Å²) in [6.45, 7) is 5.91. The highest BCUT2D eigenvalue weighted by Gasteiger charge is 2.20. The van der Waals surface area contributed by atoms with E-state index in [2.05, 4.69) is 14.8 Å². The molecule has 0 aliphatic heterocycles. The number of imidazole rings is 1. The fourth-order valence-corrected chi connectivity index (χ4v) is 3.11. The van der Waals surface area contributed by atoms with E-state index in [9.17, 15) is 8.42 Å². The Balaban J connectivity index is 2.18. The molecule has 0 radical (unpaired) electrons. The fraction of sp³-hybridized carbons (Fsp3) is 0.500. The zero-order valence-electron chi connectivity index (χ0n) is 12.0. The van der Waals surface area contributed by atoms with E-state index in [1.165, 1.54) is 10.9 Å². The Bertz CT molecular complexity index is 699. The zero-order valence-corrected chi connectivity index (χ0v) is 12.8. The molecule has 0 aliphatic rings. The standard InChI is InChI=1S/C12H19N5O2S/c1-9(2)17-6-5-13-12(17)8-15-20(18,19)11-7-14-16(4)10(11)3/h5-7,9,15H,8H2,1-4H3. The van der Waals surface area contributed by atoms with E-state index >= 15 is 0 Å². The van der Waals surface area contributed by atoms with Crippen LogP contribution in [-0.2, 0) is 23.6 Å². The number of hydrogen-bond acceptors (Lipinski definition) is 4. The quantitative estimate of drug-likeness (QED) is 0.892. The first-order valence-electron chi connectivity index (χ1n) is 6.33. The van der Waals surface area contributed by atoms with E-state index in [0.717, 1.165) is 0 Å². The van der Waals surface area contributed by atoms with Crippen molar-refractivity contribution in [2.75, 3.05) is 0 Å². The lowest BCUT2D eigenvalue weighted by atomic mass is 10.4. The van der Waals surface area contributed by atoms with Crippen LogP contribution >= 0.6 is 0 Å². The van der Waals surface area contributed by atoms with Crippen LogP contribution in [0.15, 0.2) is 23.5 Å². The Hall–Kier alpha value is -1.67. The van der Waals surface area contributed by atoms with Gasteiger partial charge in [-0.15, -0.1) is 0 Å². The summed E-state index contributed by atoms with van der Waals surface area (Å²) in [5, 5.41) is 3.95. The van der Waals surface area contributed by atoms with Crippen LogP contribution in [0.2, 0.25) is 0 Å². The molecule has 1 N–H and O–H groups in total. The van der Waals surface area contributed by atoms with Gasteiger partial charge in [-0.1, -0.05) is 0 Å². The third-order valence-electron chi connectivity index (χ3n) is 3.21. The third kappa shape index (κ3) is 2.75. The van der Waals surface area contributed by atoms with Crippen molar-refractivity contribution >= 4 is 10.0 Å². The third-order valence-corrected chi connectivity index (χ3v) is 4.71. The van der Waals surface area contributed by atoms with Crippen LogP contribution in [0.5, 0.6) is 0 Å². The molecule has 2 aromatic heterocycles. The predicted molar refractivity (Wildman–Crippen MR) is 74.6 cm³/mol. The molecule has 20 heavy (non-hydrogen) atoms. The molecule has 2 rings (SSSR count). The van der Waals surface area contributed by atoms with Crippen molar-refractivity contribution in [3.8, 4) is 0 Å². The number of sulfonamides is 1. The molecule has 0 saturated carbocycles. The van der Waals surface area contributed by atoms with Gasteiger partial charge >= 0.3 is 0 Å². The molecule has 0 fully saturated rings. The highest BCUT2D eigenvalue weighted by molar-refractivity contribution is 7.89. The second-order valence-corrected chi connectivity index (χ2v) is 6.62. The maximum absolute atomic E-state index is 12.2. The summed E-state index contributed by atoms with van der Waals surface area (Å²) in [6.07, 6.45) is 4.86. The molecule has 0 unspecified atom stereocenters. The zero-order chi connectivity index (χ0) is 14.9. The van der Waals surface area contributed by atoms with Gasteiger partial charge in [0.2, 0.25) is 10.0 Å². The lowest BCUT2D eigenvalue weighted by Gasteiger charge is -2.12. The van der Waals surface area contributed by atoms with E-state index < -0.39 is 10.0 Å². The molecule has 0 aromatic carbocycles. The monoisotopic (exact) mass is 297 g/mol. The molecule has 0 saturated heterocycles. The molecule has 2 heterocycles. The maximum atomic E-state index is 12.2. The van der Waals surface area contributed by atoms with E-state index in [1.807, 2.05) is 24.6 Å². The van der Waals surface area contributed by atoms with Gasteiger partial charge in [0.1, 0.15) is 10.7 Å². The first-order valence-corrected chi connectivity index (χ1v) is 7.81. The highest BCUT2D eigenvalue weighted by Crippen LogP contribution is 2.14. The number of rotatable bonds is 5. The number of aromatic nitrogens is 4. The van der Waals surface area contributed by atoms with Crippen LogP contribution in [0.4, 0.5) is 0 Å². The number of nitrogens with one attached hydrogen (secondary N) is 1. The molecule has 110 valence electrons. The second-order valence-electron chi connectivity index (χ2n) is 4.89. The Morgan fingerprint density at radius 2 is 2.10 bits per heavy atom. The molecule has 8 heteroatoms. The number of aryl methyl sites for hydroxylation is 1. The summed E-state index contributed by atoms with van der Waals surface area (Å²) in [5.74, 6) is 0.685. The minimum Gasteiger partial charge on any atom is -0.331 e. The van der Waals surface area contributed by atoms with Crippen molar-refractivity contribution in [1.29, 1.82) is 0 Å². The van der Waals surface area contributed by atoms with Gasteiger partial charge in [-0.3, -0.25) is 4.68 Å². The Labute approximate surface area is 118 Å². The topological polar surface area (TPSA) is 81.8 Å². The van der Waals surface area contributed by atoms with Gasteiger partial charge in [0, 0.05) is 25.5 Å². The van der Waals surface area contributed by atoms with Crippen molar-refractivity contribution in [3.63, 3.8) is 0 Å². The molecular weight excluding hydrogens is 278 g/mol. The van der Waals surface area contributed by atoms with Gasteiger partial charge in [0.15, 0.2) is 0 Å². The average Bonchev–Trinajstić information content (AvgIpc) is 2.95. The molecule has 0 spiro atoms. The summed E-state index contributed by atoms with van der Waals surface area (Å²) < 4.78 is 30.5. The summed E-state index contributed by atoms with van der Waals surface area (Å²) in [5.41, 5.74) is 0.602. The predicted octanol–water partition coefficient (Wildman–Crippen LogP) is 0.984. The van der Waals surface area contributed by atoms with E-state index in [1.54, 1.807) is 20.2 Å². The summed E-state index contributed by atoms with van der Waals surface area (Å²) in [6, 6.07) is 0.233. The van der Waals surface area contributed by atoms with Gasteiger partial charge in [-0.2, -0.15) is 5.10 Å². The van der Waals surface area contributed by atoms with E-state index in [0.29, 0.717) is 11.5 Å². The van der Waals surface area contributed by atoms with Gasteiger partial charge < -0.3 is 4.57 Å². The second kappa shape index (κ2) is 5.37. The SMILES string of the molecule is Cc1c(S(=O)(=O)NCc2nccn2C(C)C)cnn1C. The fourth-order valence-electron chi connectivity index (χ4n) is 1.93. The van der Waals surface area contributed by atoms with Gasteiger partial charge in [-0.25, -0.2) is 18.1 Å². The molecule has 2 aromatic rings. The van der Waals surface area contributed by atoms with Crippen molar-refractivity contribution in [3.05, 3.63) is 30.1 Å². The molecule has 0 aliphatic carbocycles. The first kappa shape index (κ1) is 14.7. The van der Waals surface area contributed by atoms with E-state index in [4.69, 9.17) is 0 Å². The van der Waals surface area contributed by atoms with Crippen LogP contribution in [0.1, 0.15) is 31.4 Å². The van der Waals surface area contributed by atoms with Crippen LogP contribution in [0, 0.1) is 6.92 Å². The molecular formula is C12H19N5O2S. The Morgan fingerprint density at radius 1 is 1.40 bits per heavy atom. The normalized spacial score (nSPS) is 12.2. The summed E-state index contributed by atoms with van der Waals surface area (Å²) in [4.78, 5) is 4.37. The minimum atomic E-state index is -3.58. The first-order chi connectivity index (χ1) is 9.33. The van der Waals surface area contributed by atoms with Crippen LogP contribution < -0.4 is 4.72 Å². The maximum Gasteiger partial charge on any atom is 0.244 e. The van der Waals surface area contributed by atoms with Crippen molar-refractivity contribution < 1.29 is 8.42 Å². The van der Waals surface area contributed by atoms with Crippen LogP contribution in [0.3, 0.4) is 0 Å². The minimum absolute atomic E-state index is 0.155. The van der Waals surface area contributed by atoms with Crippen molar-refractivity contribution in [1.82, 2.24) is 24.1 Å². The number of nitrogens with zero attached hydrogens (tertiary/aromatic N) is 4. The van der Waals surface area contributed by atoms with Crippen molar-refractivity contribution in [2.24, 2.45) is 7.05 Å². The van der Waals surface area contributed by atoms with Gasteiger partial charge in [0.05, 0.1) is 18.4 Å². The summed E-state index contributed by atoms with van der Waals surface area (Å²) >= 11 is 0. The lowest BCUT2D eigenvalue weighted by molar-refractivity contribution is 0.549. The van der Waals surface area contributed by atoms with E-state index in [-0.39, 0.29) is 17.5 Å². The van der Waals surface area contributed by atoms with Crippen LogP contribution in [0.25, 0.3) is 0 Å². The summed E-state index contributed by atoms with van der Waals surface area (Å²) in [7, 11) is -1.87. The van der Waals surface area contributed by atoms with Gasteiger partial charge in [-0.05, 0) is 20.8 Å². The average molecular weight is 297 g/mol. The highest BCUT2D eigenvalue weighted by atomic mass is 32.2. The van der Waals surface area contributed by atoms with Crippen molar-refractivity contribution in [2.45, 2.75) is 38.3 Å². The Kier molecular flexibility index (Phi) is 3.96. The van der Waals surface area contributed by atoms with Gasteiger partial charge in [0.25, 0.3) is 0 Å². The van der Waals surface area contributed by atoms with Crippen LogP contribution in [-0.4, -0.2) is 27.7 Å². The molecule has 0 atom stereocenters. The number of hydrogen-bond donors (Lipinski definition) is 1. The largest absolute Gasteiger partial charge is 0.331 e. The smallest absolute Gasteiger partial charge is 0.244 e. The Morgan fingerprint density at radius 3 is 2.65 bits per heavy atom. The molecule has 0 amide bonds.